The highest BCUT2D eigenvalue weighted by atomic mass is 32.2. The van der Waals surface area contributed by atoms with Gasteiger partial charge in [-0.2, -0.15) is 0 Å². The number of rotatable bonds is 4. The van der Waals surface area contributed by atoms with E-state index < -0.39 is 16.1 Å². The van der Waals surface area contributed by atoms with E-state index in [0.717, 1.165) is 20.8 Å². The molecule has 1 aliphatic heterocycles. The number of amides is 1. The van der Waals surface area contributed by atoms with E-state index in [2.05, 4.69) is 20.0 Å². The highest BCUT2D eigenvalue weighted by Crippen LogP contribution is 2.31. The fourth-order valence-corrected chi connectivity index (χ4v) is 5.66. The number of carbonyl (C=O) groups excluding carboxylic acids is 1. The quantitative estimate of drug-likeness (QED) is 0.478. The lowest BCUT2D eigenvalue weighted by Crippen LogP contribution is -2.28. The fourth-order valence-electron chi connectivity index (χ4n) is 3.45. The first-order valence-electron chi connectivity index (χ1n) is 9.88. The first kappa shape index (κ1) is 20.3. The van der Waals surface area contributed by atoms with E-state index >= 15 is 0 Å². The molecule has 2 N–H and O–H groups in total. The van der Waals surface area contributed by atoms with Crippen LogP contribution in [-0.2, 0) is 14.8 Å². The molecule has 0 saturated carbocycles. The van der Waals surface area contributed by atoms with Crippen molar-refractivity contribution >= 4 is 49.0 Å². The van der Waals surface area contributed by atoms with Crippen molar-refractivity contribution in [3.8, 4) is 10.6 Å². The minimum atomic E-state index is -3.65. The molecule has 0 unspecified atom stereocenters. The molecule has 9 heteroatoms. The minimum absolute atomic E-state index is 0.162. The molecule has 0 spiro atoms. The predicted molar refractivity (Wildman–Crippen MR) is 126 cm³/mol. The Labute approximate surface area is 188 Å². The van der Waals surface area contributed by atoms with Gasteiger partial charge in [-0.15, -0.1) is 11.3 Å². The summed E-state index contributed by atoms with van der Waals surface area (Å²) in [6.45, 7) is 1.62. The molecule has 7 nitrogen and oxygen atoms in total. The number of benzene rings is 3. The summed E-state index contributed by atoms with van der Waals surface area (Å²) < 4.78 is 28.0. The van der Waals surface area contributed by atoms with Gasteiger partial charge in [0.1, 0.15) is 16.9 Å². The number of fused-ring (bicyclic) bond motifs is 2. The third-order valence-electron chi connectivity index (χ3n) is 5.04. The van der Waals surface area contributed by atoms with Crippen LogP contribution in [0.25, 0.3) is 20.8 Å². The van der Waals surface area contributed by atoms with Gasteiger partial charge < -0.3 is 5.32 Å². The van der Waals surface area contributed by atoms with E-state index in [1.54, 1.807) is 42.5 Å². The van der Waals surface area contributed by atoms with Crippen LogP contribution in [0.4, 0.5) is 5.69 Å². The summed E-state index contributed by atoms with van der Waals surface area (Å²) in [5.74, 6) is -0.172. The highest BCUT2D eigenvalue weighted by molar-refractivity contribution is 7.90. The van der Waals surface area contributed by atoms with Gasteiger partial charge in [0.05, 0.1) is 15.1 Å². The van der Waals surface area contributed by atoms with Crippen LogP contribution in [0.1, 0.15) is 12.5 Å². The van der Waals surface area contributed by atoms with Gasteiger partial charge in [-0.05, 0) is 43.3 Å². The predicted octanol–water partition coefficient (Wildman–Crippen LogP) is 4.03. The number of amidine groups is 1. The maximum atomic E-state index is 12.8. The molecule has 0 saturated heterocycles. The summed E-state index contributed by atoms with van der Waals surface area (Å²) in [4.78, 5) is 21.9. The summed E-state index contributed by atoms with van der Waals surface area (Å²) in [5.41, 5.74) is 2.92. The van der Waals surface area contributed by atoms with Crippen LogP contribution in [0.5, 0.6) is 0 Å². The van der Waals surface area contributed by atoms with E-state index in [1.807, 2.05) is 42.5 Å². The van der Waals surface area contributed by atoms with Gasteiger partial charge >= 0.3 is 0 Å². The second-order valence-corrected chi connectivity index (χ2v) is 9.99. The molecule has 0 aliphatic carbocycles. The molecule has 0 radical (unpaired) electrons. The second kappa shape index (κ2) is 7.85. The first-order chi connectivity index (χ1) is 15.4. The standard InChI is InChI=1S/C23H18N4O3S2/c1-14(24-21-17-9-2-5-12-20(17)32(29,30)27-21)22(28)25-16-8-6-7-15(13-16)23-26-18-10-3-4-11-19(18)31-23/h2-14H,1H3,(H,24,27)(H,25,28)/t14-/m0/s1. The lowest BCUT2D eigenvalue weighted by Gasteiger charge is -2.10. The number of aromatic nitrogens is 1. The van der Waals surface area contributed by atoms with Gasteiger partial charge in [0.25, 0.3) is 10.0 Å². The van der Waals surface area contributed by atoms with Crippen molar-refractivity contribution in [3.63, 3.8) is 0 Å². The minimum Gasteiger partial charge on any atom is -0.324 e. The van der Waals surface area contributed by atoms with Gasteiger partial charge in [0.15, 0.2) is 0 Å². The van der Waals surface area contributed by atoms with E-state index in [9.17, 15) is 13.2 Å². The number of hydrogen-bond acceptors (Lipinski definition) is 6. The zero-order valence-electron chi connectivity index (χ0n) is 16.9. The highest BCUT2D eigenvalue weighted by Gasteiger charge is 2.31. The maximum absolute atomic E-state index is 12.8. The fraction of sp³-hybridized carbons (Fsp3) is 0.0870. The number of sulfonamides is 1. The Hall–Kier alpha value is -3.56. The average Bonchev–Trinajstić information content (AvgIpc) is 3.33. The summed E-state index contributed by atoms with van der Waals surface area (Å²) >= 11 is 1.59. The number of aliphatic imine (C=N–C) groups is 1. The van der Waals surface area contributed by atoms with E-state index in [0.29, 0.717) is 11.3 Å². The van der Waals surface area contributed by atoms with Crippen molar-refractivity contribution in [1.29, 1.82) is 0 Å². The zero-order chi connectivity index (χ0) is 22.3. The number of hydrogen-bond donors (Lipinski definition) is 2. The number of carbonyl (C=O) groups is 1. The second-order valence-electron chi connectivity index (χ2n) is 7.31. The Bertz CT molecular complexity index is 1460. The molecule has 5 rings (SSSR count). The zero-order valence-corrected chi connectivity index (χ0v) is 18.6. The Kier molecular flexibility index (Phi) is 4.99. The van der Waals surface area contributed by atoms with Gasteiger partial charge in [-0.3, -0.25) is 14.5 Å². The largest absolute Gasteiger partial charge is 0.324 e. The smallest absolute Gasteiger partial charge is 0.263 e. The molecule has 160 valence electrons. The van der Waals surface area contributed by atoms with Crippen molar-refractivity contribution < 1.29 is 13.2 Å². The summed E-state index contributed by atoms with van der Waals surface area (Å²) in [6.07, 6.45) is 0. The molecule has 1 atom stereocenters. The monoisotopic (exact) mass is 462 g/mol. The van der Waals surface area contributed by atoms with Crippen molar-refractivity contribution in [2.45, 2.75) is 17.9 Å². The van der Waals surface area contributed by atoms with Gasteiger partial charge in [0.2, 0.25) is 5.91 Å². The van der Waals surface area contributed by atoms with Crippen molar-refractivity contribution in [1.82, 2.24) is 9.71 Å². The van der Waals surface area contributed by atoms with Gasteiger partial charge in [-0.25, -0.2) is 13.4 Å². The van der Waals surface area contributed by atoms with Crippen LogP contribution in [0.3, 0.4) is 0 Å². The molecule has 0 bridgehead atoms. The van der Waals surface area contributed by atoms with E-state index in [4.69, 9.17) is 0 Å². The first-order valence-corrected chi connectivity index (χ1v) is 12.2. The van der Waals surface area contributed by atoms with E-state index in [-0.39, 0.29) is 16.6 Å². The summed E-state index contributed by atoms with van der Waals surface area (Å²) in [6, 6.07) is 21.1. The van der Waals surface area contributed by atoms with Crippen molar-refractivity contribution in [2.75, 3.05) is 5.32 Å². The lowest BCUT2D eigenvalue weighted by atomic mass is 10.2. The normalized spacial score (nSPS) is 16.5. The summed E-state index contributed by atoms with van der Waals surface area (Å²) in [5, 5.41) is 3.73. The molecular weight excluding hydrogens is 444 g/mol. The third kappa shape index (κ3) is 3.76. The maximum Gasteiger partial charge on any atom is 0.263 e. The molecule has 2 heterocycles. The SMILES string of the molecule is C[C@H](N=C1NS(=O)(=O)c2ccccc21)C(=O)Nc1cccc(-c2nc3ccccc3s2)c1. The topological polar surface area (TPSA) is 101 Å². The Morgan fingerprint density at radius 1 is 1.06 bits per heavy atom. The lowest BCUT2D eigenvalue weighted by molar-refractivity contribution is -0.117. The van der Waals surface area contributed by atoms with Crippen LogP contribution in [0, 0.1) is 0 Å². The molecule has 32 heavy (non-hydrogen) atoms. The van der Waals surface area contributed by atoms with Crippen molar-refractivity contribution in [2.24, 2.45) is 4.99 Å². The summed E-state index contributed by atoms with van der Waals surface area (Å²) in [7, 11) is -3.65. The van der Waals surface area contributed by atoms with Crippen LogP contribution in [0.2, 0.25) is 0 Å². The Morgan fingerprint density at radius 2 is 1.84 bits per heavy atom. The number of thiazole rings is 1. The van der Waals surface area contributed by atoms with Gasteiger partial charge in [0, 0.05) is 16.8 Å². The molecule has 1 amide bonds. The number of anilines is 1. The average molecular weight is 463 g/mol. The van der Waals surface area contributed by atoms with Crippen LogP contribution in [0.15, 0.2) is 82.7 Å². The number of nitrogens with zero attached hydrogens (tertiary/aromatic N) is 2. The molecule has 1 aromatic heterocycles. The Morgan fingerprint density at radius 3 is 2.69 bits per heavy atom. The molecule has 4 aromatic rings. The molecule has 0 fully saturated rings. The van der Waals surface area contributed by atoms with Crippen LogP contribution < -0.4 is 10.0 Å². The molecule has 1 aliphatic rings. The molecular formula is C23H18N4O3S2. The number of para-hydroxylation sites is 1. The molecule has 3 aromatic carbocycles. The third-order valence-corrected chi connectivity index (χ3v) is 7.52. The van der Waals surface area contributed by atoms with Crippen molar-refractivity contribution in [3.05, 3.63) is 78.4 Å². The van der Waals surface area contributed by atoms with E-state index in [1.165, 1.54) is 6.07 Å². The van der Waals surface area contributed by atoms with Crippen LogP contribution in [-0.4, -0.2) is 31.2 Å². The van der Waals surface area contributed by atoms with Crippen LogP contribution >= 0.6 is 11.3 Å². The Balaban J connectivity index is 1.36. The van der Waals surface area contributed by atoms with Gasteiger partial charge in [-0.1, -0.05) is 36.4 Å². The number of nitrogens with one attached hydrogen (secondary N) is 2.